The van der Waals surface area contributed by atoms with Crippen molar-refractivity contribution < 1.29 is 18.4 Å². The van der Waals surface area contributed by atoms with Crippen molar-refractivity contribution in [1.82, 2.24) is 15.1 Å². The van der Waals surface area contributed by atoms with E-state index in [1.165, 1.54) is 18.3 Å². The topological polar surface area (TPSA) is 84.6 Å². The SMILES string of the molecule is Cc1nc(N2CCN(c3ccc(F)cc3)CC2)ncc1C(=O)OCc1c(C)noc1C. The van der Waals surface area contributed by atoms with Crippen molar-refractivity contribution in [2.45, 2.75) is 27.4 Å². The number of anilines is 2. The normalized spacial score (nSPS) is 14.1. The molecule has 0 N–H and O–H groups in total. The van der Waals surface area contributed by atoms with Crippen LogP contribution in [0.1, 0.15) is 33.1 Å². The van der Waals surface area contributed by atoms with E-state index in [1.54, 1.807) is 32.9 Å². The van der Waals surface area contributed by atoms with Crippen LogP contribution in [-0.2, 0) is 11.3 Å². The van der Waals surface area contributed by atoms with Gasteiger partial charge in [-0.15, -0.1) is 0 Å². The first-order valence-corrected chi connectivity index (χ1v) is 10.1. The van der Waals surface area contributed by atoms with Gasteiger partial charge >= 0.3 is 5.97 Å². The maximum Gasteiger partial charge on any atom is 0.341 e. The molecular weight excluding hydrogens is 401 g/mol. The molecule has 1 aromatic carbocycles. The van der Waals surface area contributed by atoms with E-state index in [0.717, 1.165) is 37.4 Å². The lowest BCUT2D eigenvalue weighted by molar-refractivity contribution is 0.0469. The van der Waals surface area contributed by atoms with Crippen LogP contribution in [0.5, 0.6) is 0 Å². The van der Waals surface area contributed by atoms with Crippen LogP contribution >= 0.6 is 0 Å². The fourth-order valence-electron chi connectivity index (χ4n) is 3.55. The van der Waals surface area contributed by atoms with E-state index in [-0.39, 0.29) is 12.4 Å². The lowest BCUT2D eigenvalue weighted by Gasteiger charge is -2.36. The number of benzene rings is 1. The summed E-state index contributed by atoms with van der Waals surface area (Å²) in [5.41, 5.74) is 3.36. The highest BCUT2D eigenvalue weighted by Crippen LogP contribution is 2.20. The molecule has 4 rings (SSSR count). The number of nitrogens with zero attached hydrogens (tertiary/aromatic N) is 5. The van der Waals surface area contributed by atoms with Gasteiger partial charge in [-0.1, -0.05) is 5.16 Å². The molecule has 0 spiro atoms. The van der Waals surface area contributed by atoms with Crippen LogP contribution in [0.15, 0.2) is 35.0 Å². The number of halogens is 1. The molecular formula is C22H24FN5O3. The number of ether oxygens (including phenoxy) is 1. The molecule has 2 aromatic heterocycles. The summed E-state index contributed by atoms with van der Waals surface area (Å²) >= 11 is 0. The molecule has 0 amide bonds. The van der Waals surface area contributed by atoms with E-state index in [9.17, 15) is 9.18 Å². The number of hydrogen-bond acceptors (Lipinski definition) is 8. The smallest absolute Gasteiger partial charge is 0.341 e. The molecule has 1 aliphatic heterocycles. The molecule has 162 valence electrons. The van der Waals surface area contributed by atoms with Crippen molar-refractivity contribution in [2.75, 3.05) is 36.0 Å². The molecule has 0 bridgehead atoms. The molecule has 9 heteroatoms. The van der Waals surface area contributed by atoms with Crippen LogP contribution in [-0.4, -0.2) is 47.3 Å². The zero-order chi connectivity index (χ0) is 22.0. The molecule has 8 nitrogen and oxygen atoms in total. The first kappa shape index (κ1) is 20.8. The molecule has 3 aromatic rings. The maximum atomic E-state index is 13.1. The first-order valence-electron chi connectivity index (χ1n) is 10.1. The third-order valence-corrected chi connectivity index (χ3v) is 5.47. The second-order valence-electron chi connectivity index (χ2n) is 7.50. The summed E-state index contributed by atoms with van der Waals surface area (Å²) in [5, 5.41) is 3.86. The number of carbonyl (C=O) groups excluding carboxylic acids is 1. The quantitative estimate of drug-likeness (QED) is 0.576. The van der Waals surface area contributed by atoms with Crippen molar-refractivity contribution in [2.24, 2.45) is 0 Å². The van der Waals surface area contributed by atoms with Gasteiger partial charge in [-0.25, -0.2) is 19.2 Å². The minimum atomic E-state index is -0.481. The second-order valence-corrected chi connectivity index (χ2v) is 7.50. The van der Waals surface area contributed by atoms with Gasteiger partial charge in [0.15, 0.2) is 0 Å². The third-order valence-electron chi connectivity index (χ3n) is 5.47. The minimum absolute atomic E-state index is 0.0898. The van der Waals surface area contributed by atoms with Gasteiger partial charge in [0.05, 0.1) is 22.5 Å². The van der Waals surface area contributed by atoms with Crippen molar-refractivity contribution >= 4 is 17.6 Å². The molecule has 1 fully saturated rings. The highest BCUT2D eigenvalue weighted by Gasteiger charge is 2.22. The van der Waals surface area contributed by atoms with E-state index >= 15 is 0 Å². The summed E-state index contributed by atoms with van der Waals surface area (Å²) in [4.78, 5) is 25.7. The van der Waals surface area contributed by atoms with Crippen LogP contribution < -0.4 is 9.80 Å². The van der Waals surface area contributed by atoms with Crippen molar-refractivity contribution in [3.63, 3.8) is 0 Å². The van der Waals surface area contributed by atoms with Gasteiger partial charge in [-0.05, 0) is 45.0 Å². The summed E-state index contributed by atoms with van der Waals surface area (Å²) in [6, 6.07) is 6.51. The van der Waals surface area contributed by atoms with E-state index < -0.39 is 5.97 Å². The second kappa shape index (κ2) is 8.71. The van der Waals surface area contributed by atoms with Crippen LogP contribution in [0.25, 0.3) is 0 Å². The number of aromatic nitrogens is 3. The molecule has 1 saturated heterocycles. The minimum Gasteiger partial charge on any atom is -0.457 e. The average Bonchev–Trinajstić information content (AvgIpc) is 3.10. The van der Waals surface area contributed by atoms with Gasteiger partial charge in [-0.3, -0.25) is 0 Å². The maximum absolute atomic E-state index is 13.1. The first-order chi connectivity index (χ1) is 14.9. The van der Waals surface area contributed by atoms with Crippen molar-refractivity contribution in [3.05, 3.63) is 64.6 Å². The Morgan fingerprint density at radius 2 is 1.74 bits per heavy atom. The van der Waals surface area contributed by atoms with Gasteiger partial charge in [0.1, 0.15) is 18.2 Å². The summed E-state index contributed by atoms with van der Waals surface area (Å²) in [6.07, 6.45) is 1.51. The van der Waals surface area contributed by atoms with Gasteiger partial charge < -0.3 is 19.1 Å². The van der Waals surface area contributed by atoms with E-state index in [1.807, 2.05) is 0 Å². The van der Waals surface area contributed by atoms with E-state index in [0.29, 0.717) is 28.7 Å². The third kappa shape index (κ3) is 4.50. The zero-order valence-electron chi connectivity index (χ0n) is 17.8. The Hall–Kier alpha value is -3.49. The summed E-state index contributed by atoms with van der Waals surface area (Å²) in [6.45, 7) is 8.45. The molecule has 0 radical (unpaired) electrons. The molecule has 1 aliphatic rings. The number of carbonyl (C=O) groups is 1. The van der Waals surface area contributed by atoms with E-state index in [4.69, 9.17) is 9.26 Å². The Labute approximate surface area is 179 Å². The van der Waals surface area contributed by atoms with Gasteiger partial charge in [0.25, 0.3) is 0 Å². The summed E-state index contributed by atoms with van der Waals surface area (Å²) in [5.74, 6) is 0.494. The van der Waals surface area contributed by atoms with Crippen molar-refractivity contribution in [3.8, 4) is 0 Å². The number of rotatable bonds is 5. The fourth-order valence-corrected chi connectivity index (χ4v) is 3.55. The average molecular weight is 425 g/mol. The molecule has 0 saturated carbocycles. The monoisotopic (exact) mass is 425 g/mol. The Bertz CT molecular complexity index is 1060. The van der Waals surface area contributed by atoms with Gasteiger partial charge in [-0.2, -0.15) is 0 Å². The summed E-state index contributed by atoms with van der Waals surface area (Å²) < 4.78 is 23.6. The number of esters is 1. The van der Waals surface area contributed by atoms with Crippen LogP contribution in [0, 0.1) is 26.6 Å². The predicted octanol–water partition coefficient (Wildman–Crippen LogP) is 3.21. The fraction of sp³-hybridized carbons (Fsp3) is 0.364. The number of piperazine rings is 1. The molecule has 0 atom stereocenters. The van der Waals surface area contributed by atoms with Crippen LogP contribution in [0.2, 0.25) is 0 Å². The standard InChI is InChI=1S/C22H24FN5O3/c1-14-19(21(29)30-13-20-15(2)26-31-16(20)3)12-24-22(25-14)28-10-8-27(9-11-28)18-6-4-17(23)5-7-18/h4-7,12H,8-11,13H2,1-3H3. The number of aryl methyl sites for hydroxylation is 3. The van der Waals surface area contributed by atoms with Gasteiger partial charge in [0.2, 0.25) is 5.95 Å². The Morgan fingerprint density at radius 1 is 1.06 bits per heavy atom. The lowest BCUT2D eigenvalue weighted by atomic mass is 10.2. The highest BCUT2D eigenvalue weighted by molar-refractivity contribution is 5.90. The summed E-state index contributed by atoms with van der Waals surface area (Å²) in [7, 11) is 0. The zero-order valence-corrected chi connectivity index (χ0v) is 17.8. The molecule has 3 heterocycles. The van der Waals surface area contributed by atoms with Crippen LogP contribution in [0.3, 0.4) is 0 Å². The molecule has 0 unspecified atom stereocenters. The van der Waals surface area contributed by atoms with E-state index in [2.05, 4.69) is 24.9 Å². The van der Waals surface area contributed by atoms with Crippen molar-refractivity contribution in [1.29, 1.82) is 0 Å². The number of hydrogen-bond donors (Lipinski definition) is 0. The van der Waals surface area contributed by atoms with Gasteiger partial charge in [0, 0.05) is 38.1 Å². The predicted molar refractivity (Wildman–Crippen MR) is 113 cm³/mol. The largest absolute Gasteiger partial charge is 0.457 e. The Kier molecular flexibility index (Phi) is 5.83. The lowest BCUT2D eigenvalue weighted by Crippen LogP contribution is -2.47. The highest BCUT2D eigenvalue weighted by atomic mass is 19.1. The Morgan fingerprint density at radius 3 is 2.35 bits per heavy atom. The Balaban J connectivity index is 1.37. The van der Waals surface area contributed by atoms with Crippen LogP contribution in [0.4, 0.5) is 16.0 Å². The molecule has 31 heavy (non-hydrogen) atoms. The molecule has 0 aliphatic carbocycles.